The van der Waals surface area contributed by atoms with Crippen LogP contribution in [0.15, 0.2) is 42.9 Å². The lowest BCUT2D eigenvalue weighted by Crippen LogP contribution is -2.34. The van der Waals surface area contributed by atoms with Crippen molar-refractivity contribution >= 4 is 11.6 Å². The van der Waals surface area contributed by atoms with Crippen molar-refractivity contribution < 1.29 is 23.4 Å². The van der Waals surface area contributed by atoms with Crippen molar-refractivity contribution in [1.29, 1.82) is 0 Å². The van der Waals surface area contributed by atoms with E-state index in [1.165, 1.54) is 11.6 Å². The molecule has 0 bridgehead atoms. The number of alkyl halides is 3. The molecule has 3 rings (SSSR count). The number of nitrogens with zero attached hydrogens (tertiary/aromatic N) is 4. The average molecular weight is 407 g/mol. The fourth-order valence-electron chi connectivity index (χ4n) is 2.73. The normalized spacial score (nSPS) is 13.9. The molecule has 7 nitrogen and oxygen atoms in total. The van der Waals surface area contributed by atoms with Crippen molar-refractivity contribution in [3.8, 4) is 11.1 Å². The summed E-state index contributed by atoms with van der Waals surface area (Å²) in [7, 11) is 0. The molecule has 2 heterocycles. The third kappa shape index (κ3) is 5.30. The average Bonchev–Trinajstić information content (AvgIpc) is 3.08. The molecule has 0 saturated carbocycles. The Kier molecular flexibility index (Phi) is 5.58. The van der Waals surface area contributed by atoms with Crippen LogP contribution in [0, 0.1) is 6.92 Å². The first-order valence-electron chi connectivity index (χ1n) is 8.71. The quantitative estimate of drug-likeness (QED) is 0.581. The van der Waals surface area contributed by atoms with Gasteiger partial charge in [0.1, 0.15) is 11.3 Å². The number of hydrogen-bond donors (Lipinski definition) is 3. The lowest BCUT2D eigenvalue weighted by Gasteiger charge is -2.19. The number of rotatable bonds is 6. The van der Waals surface area contributed by atoms with Crippen LogP contribution in [0.25, 0.3) is 11.1 Å². The van der Waals surface area contributed by atoms with Gasteiger partial charge in [0, 0.05) is 23.6 Å². The highest BCUT2D eigenvalue weighted by Gasteiger charge is 2.32. The summed E-state index contributed by atoms with van der Waals surface area (Å²) in [5.41, 5.74) is 0.579. The number of nitrogens with one attached hydrogen (secondary N) is 1. The summed E-state index contributed by atoms with van der Waals surface area (Å²) in [4.78, 5) is 7.35. The van der Waals surface area contributed by atoms with Crippen molar-refractivity contribution in [2.75, 3.05) is 11.9 Å². The highest BCUT2D eigenvalue weighted by Crippen LogP contribution is 2.29. The zero-order valence-electron chi connectivity index (χ0n) is 15.8. The van der Waals surface area contributed by atoms with Crippen molar-refractivity contribution in [2.45, 2.75) is 32.2 Å². The summed E-state index contributed by atoms with van der Waals surface area (Å²) in [5, 5.41) is 26.1. The number of benzene rings is 1. The van der Waals surface area contributed by atoms with Crippen LogP contribution in [0.5, 0.6) is 0 Å². The molecule has 0 unspecified atom stereocenters. The van der Waals surface area contributed by atoms with Gasteiger partial charge in [-0.15, -0.1) is 0 Å². The van der Waals surface area contributed by atoms with Crippen LogP contribution >= 0.6 is 0 Å². The molecule has 0 saturated heterocycles. The Hall–Kier alpha value is -2.98. The fourth-order valence-corrected chi connectivity index (χ4v) is 2.73. The molecule has 0 fully saturated rings. The molecular formula is C19H20F3N5O2. The minimum absolute atomic E-state index is 0.110. The van der Waals surface area contributed by atoms with Crippen molar-refractivity contribution in [2.24, 2.45) is 0 Å². The maximum Gasteiger partial charge on any atom is 0.433 e. The van der Waals surface area contributed by atoms with Crippen LogP contribution in [0.1, 0.15) is 18.2 Å². The predicted molar refractivity (Wildman–Crippen MR) is 100 cm³/mol. The highest BCUT2D eigenvalue weighted by atomic mass is 19.4. The number of aromatic nitrogens is 4. The van der Waals surface area contributed by atoms with E-state index < -0.39 is 24.1 Å². The van der Waals surface area contributed by atoms with Gasteiger partial charge < -0.3 is 15.5 Å². The lowest BCUT2D eigenvalue weighted by atomic mass is 10.1. The summed E-state index contributed by atoms with van der Waals surface area (Å²) >= 11 is 0. The Bertz CT molecular complexity index is 1000. The van der Waals surface area contributed by atoms with Crippen LogP contribution in [-0.2, 0) is 12.7 Å². The molecule has 1 aromatic carbocycles. The Balaban J connectivity index is 1.85. The van der Waals surface area contributed by atoms with Gasteiger partial charge in [0.2, 0.25) is 5.95 Å². The zero-order chi connectivity index (χ0) is 21.2. The number of aryl methyl sites for hydroxylation is 1. The van der Waals surface area contributed by atoms with Crippen LogP contribution < -0.4 is 5.32 Å². The lowest BCUT2D eigenvalue weighted by molar-refractivity contribution is -0.141. The molecule has 29 heavy (non-hydrogen) atoms. The first-order valence-corrected chi connectivity index (χ1v) is 8.71. The summed E-state index contributed by atoms with van der Waals surface area (Å²) in [6.07, 6.45) is -0.191. The van der Waals surface area contributed by atoms with Gasteiger partial charge in [0.25, 0.3) is 0 Å². The molecular weight excluding hydrogens is 387 g/mol. The van der Waals surface area contributed by atoms with Crippen LogP contribution in [0.3, 0.4) is 0 Å². The summed E-state index contributed by atoms with van der Waals surface area (Å²) < 4.78 is 40.0. The van der Waals surface area contributed by atoms with Gasteiger partial charge in [-0.25, -0.2) is 9.97 Å². The highest BCUT2D eigenvalue weighted by molar-refractivity contribution is 5.70. The Morgan fingerprint density at radius 1 is 1.17 bits per heavy atom. The minimum atomic E-state index is -4.55. The topological polar surface area (TPSA) is 96.1 Å². The molecule has 10 heteroatoms. The van der Waals surface area contributed by atoms with Gasteiger partial charge in [0.15, 0.2) is 0 Å². The third-order valence-corrected chi connectivity index (χ3v) is 4.09. The summed E-state index contributed by atoms with van der Waals surface area (Å²) in [5.74, 6) is -0.161. The van der Waals surface area contributed by atoms with Gasteiger partial charge in [-0.05, 0) is 43.2 Å². The van der Waals surface area contributed by atoms with Crippen LogP contribution in [0.2, 0.25) is 0 Å². The van der Waals surface area contributed by atoms with Crippen LogP contribution in [-0.4, -0.2) is 42.2 Å². The van der Waals surface area contributed by atoms with E-state index in [0.29, 0.717) is 5.69 Å². The molecule has 0 spiro atoms. The largest absolute Gasteiger partial charge is 0.433 e. The molecule has 0 aliphatic carbocycles. The number of aliphatic hydroxyl groups excluding tert-OH is 1. The molecule has 1 atom stereocenters. The fraction of sp³-hybridized carbons (Fsp3) is 0.316. The van der Waals surface area contributed by atoms with E-state index >= 15 is 0 Å². The zero-order valence-corrected chi connectivity index (χ0v) is 15.8. The second-order valence-corrected chi connectivity index (χ2v) is 7.06. The molecule has 2 aromatic heterocycles. The van der Waals surface area contributed by atoms with E-state index in [-0.39, 0.29) is 12.5 Å². The second-order valence-electron chi connectivity index (χ2n) is 7.06. The molecule has 0 aliphatic heterocycles. The molecule has 0 radical (unpaired) electrons. The predicted octanol–water partition coefficient (Wildman–Crippen LogP) is 3.15. The van der Waals surface area contributed by atoms with E-state index in [9.17, 15) is 23.4 Å². The molecule has 3 aromatic rings. The van der Waals surface area contributed by atoms with Gasteiger partial charge in [-0.2, -0.15) is 18.3 Å². The minimum Gasteiger partial charge on any atom is -0.393 e. The first-order chi connectivity index (χ1) is 13.6. The Labute approximate surface area is 164 Å². The number of hydrogen-bond acceptors (Lipinski definition) is 6. The summed E-state index contributed by atoms with van der Waals surface area (Å²) in [6, 6.07) is 6.20. The Morgan fingerprint density at radius 2 is 1.93 bits per heavy atom. The van der Waals surface area contributed by atoms with Crippen molar-refractivity contribution in [3.05, 3.63) is 54.1 Å². The van der Waals surface area contributed by atoms with E-state index in [0.717, 1.165) is 29.0 Å². The van der Waals surface area contributed by atoms with Crippen molar-refractivity contribution in [3.63, 3.8) is 0 Å². The molecule has 0 amide bonds. The first kappa shape index (κ1) is 20.7. The van der Waals surface area contributed by atoms with E-state index in [1.54, 1.807) is 24.5 Å². The van der Waals surface area contributed by atoms with Gasteiger partial charge in [0.05, 0.1) is 19.3 Å². The molecule has 3 N–H and O–H groups in total. The number of aliphatic hydroxyl groups is 2. The van der Waals surface area contributed by atoms with E-state index in [2.05, 4.69) is 20.4 Å². The SMILES string of the molecule is Cc1cc(Nc2nccc(C(F)(F)F)n2)cc(-c2cnn(C[C@@](C)(O)CO)c2)c1. The summed E-state index contributed by atoms with van der Waals surface area (Å²) in [6.45, 7) is 3.05. The van der Waals surface area contributed by atoms with Crippen molar-refractivity contribution in [1.82, 2.24) is 19.7 Å². The number of halogens is 3. The third-order valence-electron chi connectivity index (χ3n) is 4.09. The van der Waals surface area contributed by atoms with E-state index in [1.807, 2.05) is 13.0 Å². The smallest absolute Gasteiger partial charge is 0.393 e. The monoisotopic (exact) mass is 407 g/mol. The molecule has 154 valence electrons. The van der Waals surface area contributed by atoms with E-state index in [4.69, 9.17) is 0 Å². The number of anilines is 2. The maximum absolute atomic E-state index is 12.8. The molecule has 0 aliphatic rings. The van der Waals surface area contributed by atoms with Crippen LogP contribution in [0.4, 0.5) is 24.8 Å². The standard InChI is InChI=1S/C19H20F3N5O2/c1-12-5-13(14-8-24-27(9-14)10-18(2,29)11-28)7-15(6-12)25-17-23-4-3-16(26-17)19(20,21)22/h3-9,28-29H,10-11H2,1-2H3,(H,23,25,26)/t18-/m1/s1. The van der Waals surface area contributed by atoms with Gasteiger partial charge in [-0.3, -0.25) is 4.68 Å². The van der Waals surface area contributed by atoms with Gasteiger partial charge in [-0.1, -0.05) is 6.07 Å². The Morgan fingerprint density at radius 3 is 2.62 bits per heavy atom. The second kappa shape index (κ2) is 7.80. The maximum atomic E-state index is 12.8. The van der Waals surface area contributed by atoms with Gasteiger partial charge >= 0.3 is 6.18 Å².